The Morgan fingerprint density at radius 2 is 1.94 bits per heavy atom. The van der Waals surface area contributed by atoms with Crippen molar-refractivity contribution in [3.8, 4) is 0 Å². The third-order valence-electron chi connectivity index (χ3n) is 3.14. The minimum Gasteiger partial charge on any atom is -0.297 e. The average Bonchev–Trinajstić information content (AvgIpc) is 2.14. The lowest BCUT2D eigenvalue weighted by atomic mass is 9.71. The van der Waals surface area contributed by atoms with Crippen molar-refractivity contribution in [3.63, 3.8) is 0 Å². The van der Waals surface area contributed by atoms with E-state index in [4.69, 9.17) is 11.6 Å². The zero-order valence-corrected chi connectivity index (χ0v) is 11.7. The first-order valence-corrected chi connectivity index (χ1v) is 6.51. The average molecular weight is 264 g/mol. The van der Waals surface area contributed by atoms with Gasteiger partial charge in [-0.15, -0.1) is 0 Å². The summed E-state index contributed by atoms with van der Waals surface area (Å²) in [4.78, 5) is 23.3. The summed E-state index contributed by atoms with van der Waals surface area (Å²) in [7, 11) is 1.60. The highest BCUT2D eigenvalue weighted by atomic mass is 35.5. The summed E-state index contributed by atoms with van der Waals surface area (Å²) < 4.78 is 0.807. The Morgan fingerprint density at radius 1 is 1.38 bits per heavy atom. The molecule has 1 fully saturated rings. The van der Waals surface area contributed by atoms with Crippen LogP contribution in [0.3, 0.4) is 0 Å². The van der Waals surface area contributed by atoms with Crippen molar-refractivity contribution < 1.29 is 9.59 Å². The molecule has 0 radical (unpaired) electrons. The molecule has 1 aliphatic carbocycles. The smallest absolute Gasteiger partial charge is 0.297 e. The number of carbonyl (C=O) groups is 2. The van der Waals surface area contributed by atoms with Gasteiger partial charge in [0.2, 0.25) is 0 Å². The van der Waals surface area contributed by atoms with Crippen molar-refractivity contribution in [1.82, 2.24) is 4.31 Å². The number of ketones is 1. The monoisotopic (exact) mass is 263 g/mol. The van der Waals surface area contributed by atoms with Crippen LogP contribution in [0.25, 0.3) is 0 Å². The predicted molar refractivity (Wildman–Crippen MR) is 67.6 cm³/mol. The molecule has 0 aromatic rings. The number of hydrogen-bond donors (Lipinski definition) is 0. The second-order valence-corrected chi connectivity index (χ2v) is 7.09. The maximum Gasteiger partial charge on any atom is 0.326 e. The molecule has 5 heteroatoms. The standard InChI is InChI=1S/C11H18ClNO2S/c1-10(2)6-5-7-11(3,8(10)14)16-13(4)9(12)15/h5-7H2,1-4H3. The van der Waals surface area contributed by atoms with E-state index in [0.29, 0.717) is 0 Å². The molecule has 1 rings (SSSR count). The van der Waals surface area contributed by atoms with Gasteiger partial charge in [-0.05, 0) is 43.3 Å². The number of rotatable bonds is 2. The Balaban J connectivity index is 2.83. The number of halogens is 1. The van der Waals surface area contributed by atoms with E-state index in [2.05, 4.69) is 0 Å². The van der Waals surface area contributed by atoms with Gasteiger partial charge in [0, 0.05) is 12.5 Å². The SMILES string of the molecule is CN(SC1(C)CCCC(C)(C)C1=O)C(=O)Cl. The van der Waals surface area contributed by atoms with Crippen molar-refractivity contribution in [1.29, 1.82) is 0 Å². The molecule has 0 spiro atoms. The molecule has 92 valence electrons. The molecule has 1 saturated carbocycles. The van der Waals surface area contributed by atoms with Crippen molar-refractivity contribution in [2.24, 2.45) is 5.41 Å². The van der Waals surface area contributed by atoms with Crippen LogP contribution in [-0.4, -0.2) is 27.2 Å². The number of amides is 1. The maximum atomic E-state index is 12.3. The van der Waals surface area contributed by atoms with E-state index in [0.717, 1.165) is 19.3 Å². The second-order valence-electron chi connectivity index (χ2n) is 5.14. The van der Waals surface area contributed by atoms with Crippen LogP contribution in [-0.2, 0) is 4.79 Å². The molecule has 0 heterocycles. The molecule has 3 nitrogen and oxygen atoms in total. The quantitative estimate of drug-likeness (QED) is 0.435. The Morgan fingerprint density at radius 3 is 2.44 bits per heavy atom. The predicted octanol–water partition coefficient (Wildman–Crippen LogP) is 3.46. The van der Waals surface area contributed by atoms with Gasteiger partial charge in [-0.25, -0.2) is 0 Å². The van der Waals surface area contributed by atoms with E-state index in [1.165, 1.54) is 16.3 Å². The lowest BCUT2D eigenvalue weighted by Gasteiger charge is -2.41. The summed E-state index contributed by atoms with van der Waals surface area (Å²) in [5, 5.41) is -0.539. The summed E-state index contributed by atoms with van der Waals surface area (Å²) in [5.74, 6) is 0.209. The van der Waals surface area contributed by atoms with Gasteiger partial charge in [0.05, 0.1) is 4.75 Å². The topological polar surface area (TPSA) is 37.4 Å². The van der Waals surface area contributed by atoms with E-state index >= 15 is 0 Å². The van der Waals surface area contributed by atoms with Crippen LogP contribution in [0, 0.1) is 5.41 Å². The van der Waals surface area contributed by atoms with Gasteiger partial charge >= 0.3 is 5.37 Å². The maximum absolute atomic E-state index is 12.3. The molecular formula is C11H18ClNO2S. The Kier molecular flexibility index (Phi) is 3.95. The van der Waals surface area contributed by atoms with Crippen molar-refractivity contribution in [2.75, 3.05) is 7.05 Å². The Hall–Kier alpha value is -0.220. The molecule has 0 aromatic carbocycles. The zero-order chi connectivity index (χ0) is 12.6. The molecule has 0 aliphatic heterocycles. The van der Waals surface area contributed by atoms with Gasteiger partial charge in [0.25, 0.3) is 0 Å². The Labute approximate surface area is 106 Å². The fraction of sp³-hybridized carbons (Fsp3) is 0.818. The first kappa shape index (κ1) is 13.8. The van der Waals surface area contributed by atoms with E-state index in [9.17, 15) is 9.59 Å². The molecule has 0 bridgehead atoms. The summed E-state index contributed by atoms with van der Waals surface area (Å²) in [6.07, 6.45) is 2.72. The van der Waals surface area contributed by atoms with Crippen molar-refractivity contribution in [2.45, 2.75) is 44.8 Å². The molecule has 1 aliphatic rings. The van der Waals surface area contributed by atoms with Gasteiger partial charge in [-0.1, -0.05) is 20.3 Å². The van der Waals surface area contributed by atoms with Crippen molar-refractivity contribution >= 4 is 34.7 Å². The van der Waals surface area contributed by atoms with E-state index < -0.39 is 10.1 Å². The van der Waals surface area contributed by atoms with Gasteiger partial charge in [0.1, 0.15) is 0 Å². The fourth-order valence-electron chi connectivity index (χ4n) is 2.24. The van der Waals surface area contributed by atoms with Gasteiger partial charge in [0.15, 0.2) is 5.78 Å². The number of Topliss-reactive ketones (excluding diaryl/α,β-unsaturated/α-hetero) is 1. The summed E-state index contributed by atoms with van der Waals surface area (Å²) >= 11 is 6.63. The highest BCUT2D eigenvalue weighted by Crippen LogP contribution is 2.45. The minimum absolute atomic E-state index is 0.209. The number of carbonyl (C=O) groups excluding carboxylic acids is 2. The van der Waals surface area contributed by atoms with Gasteiger partial charge in [-0.2, -0.15) is 0 Å². The lowest BCUT2D eigenvalue weighted by Crippen LogP contribution is -2.47. The number of nitrogens with zero attached hydrogens (tertiary/aromatic N) is 1. The second kappa shape index (κ2) is 4.57. The summed E-state index contributed by atoms with van der Waals surface area (Å²) in [6.45, 7) is 5.84. The fourth-order valence-corrected chi connectivity index (χ4v) is 3.61. The molecule has 1 atom stereocenters. The molecule has 0 saturated heterocycles. The van der Waals surface area contributed by atoms with Crippen LogP contribution < -0.4 is 0 Å². The van der Waals surface area contributed by atoms with Crippen LogP contribution in [0.1, 0.15) is 40.0 Å². The third-order valence-corrected chi connectivity index (χ3v) is 4.72. The molecule has 0 aromatic heterocycles. The molecule has 0 N–H and O–H groups in total. The first-order valence-electron chi connectivity index (χ1n) is 5.36. The van der Waals surface area contributed by atoms with Crippen LogP contribution in [0.4, 0.5) is 4.79 Å². The molecule has 1 unspecified atom stereocenters. The highest BCUT2D eigenvalue weighted by molar-refractivity contribution is 7.99. The van der Waals surface area contributed by atoms with Crippen LogP contribution in [0.15, 0.2) is 0 Å². The Bertz CT molecular complexity index is 319. The highest BCUT2D eigenvalue weighted by Gasteiger charge is 2.47. The molecule has 16 heavy (non-hydrogen) atoms. The van der Waals surface area contributed by atoms with E-state index in [1.807, 2.05) is 20.8 Å². The number of hydrogen-bond acceptors (Lipinski definition) is 3. The molecular weight excluding hydrogens is 246 g/mol. The van der Waals surface area contributed by atoms with Gasteiger partial charge < -0.3 is 0 Å². The van der Waals surface area contributed by atoms with Crippen molar-refractivity contribution in [3.05, 3.63) is 0 Å². The lowest BCUT2D eigenvalue weighted by molar-refractivity contribution is -0.131. The van der Waals surface area contributed by atoms with Gasteiger partial charge in [-0.3, -0.25) is 13.9 Å². The van der Waals surface area contributed by atoms with E-state index in [-0.39, 0.29) is 11.2 Å². The molecule has 1 amide bonds. The van der Waals surface area contributed by atoms with E-state index in [1.54, 1.807) is 7.05 Å². The minimum atomic E-state index is -0.539. The van der Waals surface area contributed by atoms with Crippen LogP contribution in [0.5, 0.6) is 0 Å². The largest absolute Gasteiger partial charge is 0.326 e. The third kappa shape index (κ3) is 2.72. The van der Waals surface area contributed by atoms with Crippen LogP contribution in [0.2, 0.25) is 0 Å². The van der Waals surface area contributed by atoms with Crippen LogP contribution >= 0.6 is 23.5 Å². The summed E-state index contributed by atoms with van der Waals surface area (Å²) in [5.41, 5.74) is -0.295. The zero-order valence-electron chi connectivity index (χ0n) is 10.2. The first-order chi connectivity index (χ1) is 7.19. The normalized spacial score (nSPS) is 28.9. The summed E-state index contributed by atoms with van der Waals surface area (Å²) in [6, 6.07) is 0.